The molecule has 2 aromatic rings. The Kier molecular flexibility index (Phi) is 6.83. The highest BCUT2D eigenvalue weighted by Gasteiger charge is 2.16. The molecule has 0 heterocycles. The van der Waals surface area contributed by atoms with Crippen LogP contribution in [0.25, 0.3) is 0 Å². The van der Waals surface area contributed by atoms with Gasteiger partial charge in [-0.1, -0.05) is 39.0 Å². The van der Waals surface area contributed by atoms with Crippen LogP contribution < -0.4 is 14.8 Å². The third kappa shape index (κ3) is 5.99. The molecular weight excluding hydrogens is 362 g/mol. The Morgan fingerprint density at radius 3 is 2.34 bits per heavy atom. The van der Waals surface area contributed by atoms with Gasteiger partial charge in [0.2, 0.25) is 0 Å². The van der Waals surface area contributed by atoms with Gasteiger partial charge in [0.1, 0.15) is 18.1 Å². The van der Waals surface area contributed by atoms with E-state index in [1.54, 1.807) is 6.92 Å². The van der Waals surface area contributed by atoms with Crippen LogP contribution in [0.2, 0.25) is 0 Å². The molecule has 0 bridgehead atoms. The predicted octanol–water partition coefficient (Wildman–Crippen LogP) is 4.83. The summed E-state index contributed by atoms with van der Waals surface area (Å²) in [5.41, 5.74) is 4.16. The van der Waals surface area contributed by atoms with Gasteiger partial charge < -0.3 is 14.8 Å². The third-order valence-electron chi connectivity index (χ3n) is 5.39. The standard InChI is InChI=1S/C25H33NO3/c1-18(29-23-12-9-19-7-5-6-8-20(19)17-23)24(27)26-15-16-28-22-13-10-21(11-14-22)25(2,3)4/h9-14,17-18H,5-8,15-16H2,1-4H3,(H,26,27)/t18-/m1/s1. The van der Waals surface area contributed by atoms with Crippen LogP contribution in [0.5, 0.6) is 11.5 Å². The van der Waals surface area contributed by atoms with E-state index < -0.39 is 6.10 Å². The van der Waals surface area contributed by atoms with E-state index in [1.807, 2.05) is 18.2 Å². The fraction of sp³-hybridized carbons (Fsp3) is 0.480. The topological polar surface area (TPSA) is 47.6 Å². The Balaban J connectivity index is 1.41. The van der Waals surface area contributed by atoms with Crippen LogP contribution in [-0.2, 0) is 23.1 Å². The van der Waals surface area contributed by atoms with Crippen molar-refractivity contribution in [2.45, 2.75) is 64.9 Å². The summed E-state index contributed by atoms with van der Waals surface area (Å²) >= 11 is 0. The average Bonchev–Trinajstić information content (AvgIpc) is 2.70. The van der Waals surface area contributed by atoms with E-state index >= 15 is 0 Å². The largest absolute Gasteiger partial charge is 0.492 e. The number of carbonyl (C=O) groups is 1. The molecular formula is C25H33NO3. The van der Waals surface area contributed by atoms with Gasteiger partial charge in [0, 0.05) is 0 Å². The van der Waals surface area contributed by atoms with Gasteiger partial charge >= 0.3 is 0 Å². The summed E-state index contributed by atoms with van der Waals surface area (Å²) in [6.07, 6.45) is 4.19. The van der Waals surface area contributed by atoms with E-state index in [2.05, 4.69) is 50.4 Å². The second kappa shape index (κ2) is 9.34. The Hall–Kier alpha value is -2.49. The summed E-state index contributed by atoms with van der Waals surface area (Å²) in [5.74, 6) is 1.45. The number of ether oxygens (including phenoxy) is 2. The smallest absolute Gasteiger partial charge is 0.260 e. The highest BCUT2D eigenvalue weighted by Crippen LogP contribution is 2.26. The van der Waals surface area contributed by atoms with Gasteiger partial charge in [-0.25, -0.2) is 0 Å². The average molecular weight is 396 g/mol. The Morgan fingerprint density at radius 2 is 1.66 bits per heavy atom. The Labute approximate surface area is 174 Å². The molecule has 156 valence electrons. The zero-order chi connectivity index (χ0) is 20.9. The zero-order valence-corrected chi connectivity index (χ0v) is 18.1. The van der Waals surface area contributed by atoms with Crippen molar-refractivity contribution in [3.63, 3.8) is 0 Å². The number of carbonyl (C=O) groups excluding carboxylic acids is 1. The van der Waals surface area contributed by atoms with Crippen LogP contribution >= 0.6 is 0 Å². The molecule has 0 fully saturated rings. The molecule has 4 heteroatoms. The molecule has 29 heavy (non-hydrogen) atoms. The summed E-state index contributed by atoms with van der Waals surface area (Å²) in [7, 11) is 0. The molecule has 1 atom stereocenters. The maximum atomic E-state index is 12.3. The number of benzene rings is 2. The van der Waals surface area contributed by atoms with E-state index in [1.165, 1.54) is 29.5 Å². The van der Waals surface area contributed by atoms with Gasteiger partial charge in [0.05, 0.1) is 6.54 Å². The van der Waals surface area contributed by atoms with Crippen LogP contribution in [0.1, 0.15) is 57.2 Å². The Morgan fingerprint density at radius 1 is 1.00 bits per heavy atom. The molecule has 0 saturated heterocycles. The fourth-order valence-electron chi connectivity index (χ4n) is 3.58. The van der Waals surface area contributed by atoms with Gasteiger partial charge in [0.15, 0.2) is 6.10 Å². The van der Waals surface area contributed by atoms with Crippen molar-refractivity contribution in [1.29, 1.82) is 0 Å². The molecule has 0 spiro atoms. The van der Waals surface area contributed by atoms with Gasteiger partial charge in [-0.15, -0.1) is 0 Å². The normalized spacial score (nSPS) is 14.6. The lowest BCUT2D eigenvalue weighted by molar-refractivity contribution is -0.127. The number of rotatable bonds is 7. The lowest BCUT2D eigenvalue weighted by Crippen LogP contribution is -2.38. The molecule has 0 aromatic heterocycles. The highest BCUT2D eigenvalue weighted by molar-refractivity contribution is 5.80. The van der Waals surface area contributed by atoms with Crippen molar-refractivity contribution in [3.8, 4) is 11.5 Å². The van der Waals surface area contributed by atoms with Crippen molar-refractivity contribution < 1.29 is 14.3 Å². The van der Waals surface area contributed by atoms with Crippen LogP contribution in [0.15, 0.2) is 42.5 Å². The van der Waals surface area contributed by atoms with Crippen LogP contribution in [0, 0.1) is 0 Å². The minimum Gasteiger partial charge on any atom is -0.492 e. The second-order valence-electron chi connectivity index (χ2n) is 8.81. The molecule has 3 rings (SSSR count). The van der Waals surface area contributed by atoms with Crippen molar-refractivity contribution in [1.82, 2.24) is 5.32 Å². The number of hydrogen-bond donors (Lipinski definition) is 1. The Bertz CT molecular complexity index is 821. The third-order valence-corrected chi connectivity index (χ3v) is 5.39. The van der Waals surface area contributed by atoms with Gasteiger partial charge in [-0.3, -0.25) is 4.79 Å². The fourth-order valence-corrected chi connectivity index (χ4v) is 3.58. The first-order chi connectivity index (χ1) is 13.8. The first kappa shape index (κ1) is 21.2. The molecule has 1 aliphatic rings. The minimum atomic E-state index is -0.539. The molecule has 0 radical (unpaired) electrons. The minimum absolute atomic E-state index is 0.126. The molecule has 0 unspecified atom stereocenters. The molecule has 4 nitrogen and oxygen atoms in total. The monoisotopic (exact) mass is 395 g/mol. The van der Waals surface area contributed by atoms with Gasteiger partial charge in [0.25, 0.3) is 5.91 Å². The first-order valence-corrected chi connectivity index (χ1v) is 10.6. The SMILES string of the molecule is C[C@@H](Oc1ccc2c(c1)CCCC2)C(=O)NCCOc1ccc(C(C)(C)C)cc1. The van der Waals surface area contributed by atoms with Crippen molar-refractivity contribution in [2.75, 3.05) is 13.2 Å². The summed E-state index contributed by atoms with van der Waals surface area (Å²) in [5, 5.41) is 2.88. The molecule has 1 amide bonds. The van der Waals surface area contributed by atoms with Crippen molar-refractivity contribution >= 4 is 5.91 Å². The number of fused-ring (bicyclic) bond motifs is 1. The summed E-state index contributed by atoms with van der Waals surface area (Å²) in [6.45, 7) is 9.20. The van der Waals surface area contributed by atoms with Crippen molar-refractivity contribution in [3.05, 3.63) is 59.2 Å². The molecule has 2 aromatic carbocycles. The van der Waals surface area contributed by atoms with Crippen LogP contribution in [-0.4, -0.2) is 25.2 Å². The van der Waals surface area contributed by atoms with E-state index in [0.717, 1.165) is 24.3 Å². The van der Waals surface area contributed by atoms with Gasteiger partial charge in [-0.2, -0.15) is 0 Å². The highest BCUT2D eigenvalue weighted by atomic mass is 16.5. The molecule has 1 N–H and O–H groups in total. The second-order valence-corrected chi connectivity index (χ2v) is 8.81. The molecule has 1 aliphatic carbocycles. The lowest BCUT2D eigenvalue weighted by atomic mass is 9.87. The summed E-state index contributed by atoms with van der Waals surface area (Å²) < 4.78 is 11.6. The van der Waals surface area contributed by atoms with Crippen LogP contribution in [0.4, 0.5) is 0 Å². The van der Waals surface area contributed by atoms with Crippen LogP contribution in [0.3, 0.4) is 0 Å². The molecule has 0 aliphatic heterocycles. The number of aryl methyl sites for hydroxylation is 2. The summed E-state index contributed by atoms with van der Waals surface area (Å²) in [4.78, 5) is 12.3. The van der Waals surface area contributed by atoms with E-state index in [0.29, 0.717) is 13.2 Å². The zero-order valence-electron chi connectivity index (χ0n) is 18.1. The maximum Gasteiger partial charge on any atom is 0.260 e. The van der Waals surface area contributed by atoms with E-state index in [4.69, 9.17) is 9.47 Å². The van der Waals surface area contributed by atoms with Gasteiger partial charge in [-0.05, 0) is 79.0 Å². The maximum absolute atomic E-state index is 12.3. The lowest BCUT2D eigenvalue weighted by Gasteiger charge is -2.19. The van der Waals surface area contributed by atoms with Crippen molar-refractivity contribution in [2.24, 2.45) is 0 Å². The van der Waals surface area contributed by atoms with E-state index in [-0.39, 0.29) is 11.3 Å². The number of hydrogen-bond acceptors (Lipinski definition) is 3. The van der Waals surface area contributed by atoms with E-state index in [9.17, 15) is 4.79 Å². The predicted molar refractivity (Wildman–Crippen MR) is 117 cm³/mol. The number of amides is 1. The summed E-state index contributed by atoms with van der Waals surface area (Å²) in [6, 6.07) is 14.3. The number of nitrogens with one attached hydrogen (secondary N) is 1. The molecule has 0 saturated carbocycles. The quantitative estimate of drug-likeness (QED) is 0.684. The first-order valence-electron chi connectivity index (χ1n) is 10.6.